The number of hydrogen-bond acceptors (Lipinski definition) is 10. The van der Waals surface area contributed by atoms with Crippen LogP contribution < -0.4 is 9.62 Å². The number of rotatable bonds is 8. The van der Waals surface area contributed by atoms with Gasteiger partial charge in [0.1, 0.15) is 4.90 Å². The van der Waals surface area contributed by atoms with Gasteiger partial charge in [-0.05, 0) is 25.8 Å². The van der Waals surface area contributed by atoms with Gasteiger partial charge in [-0.2, -0.15) is 0 Å². The molecule has 2 aliphatic heterocycles. The molecule has 210 valence electrons. The summed E-state index contributed by atoms with van der Waals surface area (Å²) in [6, 6.07) is 1.55. The maximum atomic E-state index is 13.4. The van der Waals surface area contributed by atoms with Gasteiger partial charge in [-0.3, -0.25) is 9.20 Å². The number of ether oxygens (including phenoxy) is 2. The number of pyridine rings is 1. The Hall–Kier alpha value is -2.79. The largest absolute Gasteiger partial charge is 0.378 e. The van der Waals surface area contributed by atoms with Gasteiger partial charge >= 0.3 is 0 Å². The Morgan fingerprint density at radius 2 is 2.05 bits per heavy atom. The molecule has 3 aliphatic rings. The highest BCUT2D eigenvalue weighted by Gasteiger charge is 2.42. The van der Waals surface area contributed by atoms with Crippen LogP contribution in [0.4, 0.5) is 14.5 Å². The summed E-state index contributed by atoms with van der Waals surface area (Å²) in [4.78, 5) is 21.0. The predicted molar refractivity (Wildman–Crippen MR) is 136 cm³/mol. The second kappa shape index (κ2) is 9.69. The van der Waals surface area contributed by atoms with Crippen molar-refractivity contribution in [3.05, 3.63) is 23.5 Å². The van der Waals surface area contributed by atoms with E-state index in [2.05, 4.69) is 19.9 Å². The Bertz CT molecular complexity index is 1520. The van der Waals surface area contributed by atoms with Crippen molar-refractivity contribution in [1.29, 1.82) is 0 Å². The molecular weight excluding hydrogens is 556 g/mol. The lowest BCUT2D eigenvalue weighted by Crippen LogP contribution is -2.60. The summed E-state index contributed by atoms with van der Waals surface area (Å²) < 4.78 is 68.5. The second-order valence-corrected chi connectivity index (χ2v) is 12.9. The van der Waals surface area contributed by atoms with E-state index in [4.69, 9.17) is 9.47 Å². The first-order valence-corrected chi connectivity index (χ1v) is 14.7. The average Bonchev–Trinajstić information content (AvgIpc) is 3.25. The lowest BCUT2D eigenvalue weighted by atomic mass is 10.1. The number of anilines is 1. The van der Waals surface area contributed by atoms with Crippen LogP contribution in [0, 0.1) is 0 Å². The first kappa shape index (κ1) is 26.4. The number of morpholine rings is 1. The van der Waals surface area contributed by atoms with E-state index in [1.54, 1.807) is 18.1 Å². The highest BCUT2D eigenvalue weighted by atomic mass is 32.2. The predicted octanol–water partition coefficient (Wildman–Crippen LogP) is 1.68. The topological polar surface area (TPSA) is 131 Å². The summed E-state index contributed by atoms with van der Waals surface area (Å²) in [6.07, 6.45) is 0.883. The van der Waals surface area contributed by atoms with Crippen molar-refractivity contribution in [3.63, 3.8) is 0 Å². The van der Waals surface area contributed by atoms with Crippen LogP contribution in [-0.2, 0) is 24.3 Å². The minimum Gasteiger partial charge on any atom is -0.378 e. The first-order valence-electron chi connectivity index (χ1n) is 12.4. The van der Waals surface area contributed by atoms with E-state index in [0.29, 0.717) is 42.2 Å². The van der Waals surface area contributed by atoms with Crippen molar-refractivity contribution in [2.24, 2.45) is 0 Å². The molecule has 0 radical (unpaired) electrons. The molecule has 1 N–H and O–H groups in total. The summed E-state index contributed by atoms with van der Waals surface area (Å²) in [5, 5.41) is 7.09. The van der Waals surface area contributed by atoms with Crippen LogP contribution >= 0.6 is 11.3 Å². The van der Waals surface area contributed by atoms with Gasteiger partial charge in [0, 0.05) is 38.5 Å². The zero-order valence-corrected chi connectivity index (χ0v) is 22.8. The van der Waals surface area contributed by atoms with Crippen molar-refractivity contribution in [1.82, 2.24) is 29.2 Å². The van der Waals surface area contributed by atoms with E-state index in [1.165, 1.54) is 16.8 Å². The molecule has 16 heteroatoms. The molecule has 0 aromatic carbocycles. The van der Waals surface area contributed by atoms with Gasteiger partial charge in [-0.15, -0.1) is 10.2 Å². The molecule has 5 heterocycles. The highest BCUT2D eigenvalue weighted by Crippen LogP contribution is 2.38. The number of carbonyl (C=O) groups is 1. The lowest BCUT2D eigenvalue weighted by molar-refractivity contribution is -0.156. The molecule has 1 saturated carbocycles. The number of fused-ring (bicyclic) bond motifs is 1. The van der Waals surface area contributed by atoms with Crippen LogP contribution in [0.3, 0.4) is 0 Å². The lowest BCUT2D eigenvalue weighted by Gasteiger charge is -2.42. The average molecular weight is 584 g/mol. The third-order valence-electron chi connectivity index (χ3n) is 7.28. The van der Waals surface area contributed by atoms with E-state index in [-0.39, 0.29) is 40.9 Å². The van der Waals surface area contributed by atoms with E-state index in [1.807, 2.05) is 11.8 Å². The Morgan fingerprint density at radius 3 is 2.72 bits per heavy atom. The monoisotopic (exact) mass is 583 g/mol. The molecule has 3 fully saturated rings. The van der Waals surface area contributed by atoms with Crippen LogP contribution in [0.25, 0.3) is 16.3 Å². The molecule has 12 nitrogen and oxygen atoms in total. The van der Waals surface area contributed by atoms with Crippen molar-refractivity contribution < 1.29 is 31.5 Å². The second-order valence-electron chi connectivity index (χ2n) is 10.2. The van der Waals surface area contributed by atoms with E-state index in [0.717, 1.165) is 12.8 Å². The van der Waals surface area contributed by atoms with Gasteiger partial charge in [-0.1, -0.05) is 11.3 Å². The number of alkyl halides is 2. The third kappa shape index (κ3) is 4.99. The van der Waals surface area contributed by atoms with Crippen molar-refractivity contribution in [3.8, 4) is 10.8 Å². The maximum absolute atomic E-state index is 13.4. The maximum Gasteiger partial charge on any atom is 0.291 e. The number of sulfonamides is 1. The number of halogens is 2. The van der Waals surface area contributed by atoms with Gasteiger partial charge in [0.2, 0.25) is 10.0 Å². The van der Waals surface area contributed by atoms with Crippen LogP contribution in [0.2, 0.25) is 0 Å². The normalized spacial score (nSPS) is 21.5. The molecule has 39 heavy (non-hydrogen) atoms. The smallest absolute Gasteiger partial charge is 0.291 e. The van der Waals surface area contributed by atoms with Crippen molar-refractivity contribution in [2.45, 2.75) is 48.8 Å². The molecule has 1 amide bonds. The first-order chi connectivity index (χ1) is 18.6. The van der Waals surface area contributed by atoms with Crippen LogP contribution in [0.1, 0.15) is 31.2 Å². The summed E-state index contributed by atoms with van der Waals surface area (Å²) in [5.74, 6) is 0.0381. The fourth-order valence-corrected chi connectivity index (χ4v) is 6.86. The quantitative estimate of drug-likeness (QED) is 0.421. The zero-order valence-electron chi connectivity index (χ0n) is 21.2. The molecule has 0 bridgehead atoms. The minimum absolute atomic E-state index is 0.00661. The highest BCUT2D eigenvalue weighted by molar-refractivity contribution is 7.89. The van der Waals surface area contributed by atoms with Crippen molar-refractivity contribution >= 4 is 38.5 Å². The molecular formula is C23H27F2N7O5S2. The molecule has 1 aliphatic carbocycles. The van der Waals surface area contributed by atoms with Crippen LogP contribution in [-0.4, -0.2) is 96.4 Å². The third-order valence-corrected chi connectivity index (χ3v) is 9.81. The number of methoxy groups -OCH3 is 1. The minimum atomic E-state index is -3.94. The Morgan fingerprint density at radius 1 is 1.28 bits per heavy atom. The van der Waals surface area contributed by atoms with Gasteiger partial charge < -0.3 is 19.3 Å². The van der Waals surface area contributed by atoms with Crippen molar-refractivity contribution in [2.75, 3.05) is 44.8 Å². The van der Waals surface area contributed by atoms with Crippen LogP contribution in [0.5, 0.6) is 0 Å². The van der Waals surface area contributed by atoms with E-state index >= 15 is 0 Å². The van der Waals surface area contributed by atoms with E-state index < -0.39 is 33.1 Å². The van der Waals surface area contributed by atoms with Gasteiger partial charge in [0.15, 0.2) is 21.9 Å². The summed E-state index contributed by atoms with van der Waals surface area (Å²) in [5.41, 5.74) is 0.549. The van der Waals surface area contributed by atoms with Crippen LogP contribution in [0.15, 0.2) is 23.4 Å². The van der Waals surface area contributed by atoms with E-state index in [9.17, 15) is 22.0 Å². The fourth-order valence-electron chi connectivity index (χ4n) is 4.69. The number of likely N-dealkylation sites (tertiary alicyclic amines) is 1. The van der Waals surface area contributed by atoms with Gasteiger partial charge in [0.25, 0.3) is 12.3 Å². The number of carbonyl (C=O) groups excluding carboxylic acids is 1. The number of nitrogens with one attached hydrogen (secondary N) is 1. The summed E-state index contributed by atoms with van der Waals surface area (Å²) >= 11 is 0.692. The number of amides is 1. The Balaban J connectivity index is 1.39. The molecule has 1 atom stereocenters. The van der Waals surface area contributed by atoms with Gasteiger partial charge in [0.05, 0.1) is 36.7 Å². The van der Waals surface area contributed by atoms with Gasteiger partial charge in [-0.25, -0.2) is 26.9 Å². The molecule has 6 rings (SSSR count). The Kier molecular flexibility index (Phi) is 6.57. The number of nitrogens with zero attached hydrogens (tertiary/aromatic N) is 6. The molecule has 0 spiro atoms. The molecule has 0 unspecified atom stereocenters. The SMILES string of the molecule is COC1CN(C(=O)[C@H]2CN(c3cc(S(=O)(=O)NC4(C)CC4)cn4c(-c5nnc(C(F)F)s5)ncc34)CCO2)C1. The number of aromatic nitrogens is 4. The summed E-state index contributed by atoms with van der Waals surface area (Å²) in [6.45, 7) is 3.68. The molecule has 2 saturated heterocycles. The number of imidazole rings is 1. The Labute approximate surface area is 227 Å². The molecule has 3 aromatic rings. The zero-order chi connectivity index (χ0) is 27.5. The standard InChI is InChI=1S/C23H27F2N7O5S2/c1-23(3-4-23)29-39(34,35)14-7-15(30-5-6-37-17(12-30)22(33)31-9-13(10-31)36-2)16-8-26-19(32(16)11-14)21-28-27-20(38-21)18(24)25/h7-8,11,13,17-18,29H,3-6,9-10,12H2,1-2H3/t17-/m1/s1. The number of hydrogen-bond donors (Lipinski definition) is 1. The molecule has 3 aromatic heterocycles. The summed E-state index contributed by atoms with van der Waals surface area (Å²) in [7, 11) is -2.34. The fraction of sp³-hybridized carbons (Fsp3) is 0.565.